The molecule has 1 heterocycles. The summed E-state index contributed by atoms with van der Waals surface area (Å²) in [4.78, 5) is 11.7. The van der Waals surface area contributed by atoms with Gasteiger partial charge in [-0.2, -0.15) is 13.2 Å². The van der Waals surface area contributed by atoms with Crippen molar-refractivity contribution < 1.29 is 23.1 Å². The standard InChI is InChI=1S/C10H12F3NO2S/c1-2-17-7-3-4-9(8(15)16,14-5-7)6-10(11,12)13/h3-5,14H,2,6H2,1H3,(H,15,16). The number of halogens is 3. The number of allylic oxidation sites excluding steroid dienone is 1. The number of aliphatic carboxylic acids is 1. The number of dihydropyridines is 1. The van der Waals surface area contributed by atoms with Gasteiger partial charge >= 0.3 is 12.1 Å². The average Bonchev–Trinajstić information content (AvgIpc) is 2.19. The maximum Gasteiger partial charge on any atom is 0.392 e. The first-order valence-electron chi connectivity index (χ1n) is 4.89. The van der Waals surface area contributed by atoms with Gasteiger partial charge in [-0.25, -0.2) is 4.79 Å². The molecule has 17 heavy (non-hydrogen) atoms. The highest BCUT2D eigenvalue weighted by atomic mass is 32.2. The van der Waals surface area contributed by atoms with Gasteiger partial charge in [0.05, 0.1) is 6.42 Å². The molecule has 0 aliphatic carbocycles. The Balaban J connectivity index is 2.86. The minimum absolute atomic E-state index is 0.714. The molecule has 1 atom stereocenters. The molecule has 0 amide bonds. The molecular formula is C10H12F3NO2S. The summed E-state index contributed by atoms with van der Waals surface area (Å²) in [6, 6.07) is 0. The minimum atomic E-state index is -4.54. The molecular weight excluding hydrogens is 255 g/mol. The van der Waals surface area contributed by atoms with E-state index in [1.807, 2.05) is 6.92 Å². The molecule has 0 radical (unpaired) electrons. The van der Waals surface area contributed by atoms with Crippen molar-refractivity contribution in [2.24, 2.45) is 0 Å². The largest absolute Gasteiger partial charge is 0.479 e. The van der Waals surface area contributed by atoms with E-state index in [2.05, 4.69) is 5.32 Å². The maximum atomic E-state index is 12.3. The SMILES string of the molecule is CCSC1=CNC(CC(F)(F)F)(C(=O)O)C=C1. The van der Waals surface area contributed by atoms with E-state index in [1.54, 1.807) is 0 Å². The molecule has 7 heteroatoms. The van der Waals surface area contributed by atoms with Crippen LogP contribution in [0, 0.1) is 0 Å². The van der Waals surface area contributed by atoms with Crippen LogP contribution in [-0.2, 0) is 4.79 Å². The number of carboxylic acids is 1. The monoisotopic (exact) mass is 267 g/mol. The third-order valence-corrected chi connectivity index (χ3v) is 3.05. The lowest BCUT2D eigenvalue weighted by atomic mass is 9.93. The second-order valence-electron chi connectivity index (χ2n) is 3.53. The Labute approximate surface area is 101 Å². The van der Waals surface area contributed by atoms with Crippen molar-refractivity contribution in [2.75, 3.05) is 5.75 Å². The fourth-order valence-corrected chi connectivity index (χ4v) is 2.05. The zero-order valence-corrected chi connectivity index (χ0v) is 9.86. The van der Waals surface area contributed by atoms with Crippen LogP contribution in [0.4, 0.5) is 13.2 Å². The molecule has 0 aromatic heterocycles. The van der Waals surface area contributed by atoms with Crippen molar-refractivity contribution in [3.05, 3.63) is 23.3 Å². The van der Waals surface area contributed by atoms with Crippen molar-refractivity contribution >= 4 is 17.7 Å². The molecule has 1 unspecified atom stereocenters. The molecule has 2 N–H and O–H groups in total. The Morgan fingerprint density at radius 1 is 1.59 bits per heavy atom. The zero-order chi connectivity index (χ0) is 13.1. The molecule has 0 saturated carbocycles. The molecule has 1 aliphatic rings. The van der Waals surface area contributed by atoms with Crippen molar-refractivity contribution in [3.63, 3.8) is 0 Å². The van der Waals surface area contributed by atoms with E-state index in [4.69, 9.17) is 5.11 Å². The predicted octanol–water partition coefficient (Wildman–Crippen LogP) is 2.52. The summed E-state index contributed by atoms with van der Waals surface area (Å²) in [5, 5.41) is 11.3. The summed E-state index contributed by atoms with van der Waals surface area (Å²) in [5.74, 6) is -0.778. The molecule has 0 spiro atoms. The molecule has 1 aliphatic heterocycles. The molecule has 96 valence electrons. The van der Waals surface area contributed by atoms with E-state index in [0.29, 0.717) is 4.91 Å². The summed E-state index contributed by atoms with van der Waals surface area (Å²) < 4.78 is 37.0. The highest BCUT2D eigenvalue weighted by Crippen LogP contribution is 2.32. The molecule has 0 aromatic rings. The Bertz CT molecular complexity index is 365. The fourth-order valence-electron chi connectivity index (χ4n) is 1.41. The Morgan fingerprint density at radius 3 is 2.59 bits per heavy atom. The van der Waals surface area contributed by atoms with E-state index >= 15 is 0 Å². The Morgan fingerprint density at radius 2 is 2.24 bits per heavy atom. The van der Waals surface area contributed by atoms with Gasteiger partial charge in [-0.15, -0.1) is 11.8 Å². The predicted molar refractivity (Wildman–Crippen MR) is 59.5 cm³/mol. The third kappa shape index (κ3) is 3.69. The van der Waals surface area contributed by atoms with Crippen molar-refractivity contribution in [2.45, 2.75) is 25.1 Å². The molecule has 1 rings (SSSR count). The second kappa shape index (κ2) is 5.03. The molecule has 0 aromatic carbocycles. The van der Waals surface area contributed by atoms with E-state index in [-0.39, 0.29) is 0 Å². The van der Waals surface area contributed by atoms with Crippen LogP contribution in [0.15, 0.2) is 23.3 Å². The number of hydrogen-bond acceptors (Lipinski definition) is 3. The highest BCUT2D eigenvalue weighted by Gasteiger charge is 2.46. The van der Waals surface area contributed by atoms with Gasteiger partial charge in [-0.1, -0.05) is 6.92 Å². The quantitative estimate of drug-likeness (QED) is 0.821. The van der Waals surface area contributed by atoms with Crippen LogP contribution in [0.5, 0.6) is 0 Å². The van der Waals surface area contributed by atoms with Gasteiger partial charge in [-0.3, -0.25) is 0 Å². The smallest absolute Gasteiger partial charge is 0.392 e. The van der Waals surface area contributed by atoms with Crippen LogP contribution in [0.1, 0.15) is 13.3 Å². The zero-order valence-electron chi connectivity index (χ0n) is 9.04. The fraction of sp³-hybridized carbons (Fsp3) is 0.500. The molecule has 0 bridgehead atoms. The summed E-state index contributed by atoms with van der Waals surface area (Å²) >= 11 is 1.42. The molecule has 0 saturated heterocycles. The number of carboxylic acid groups (broad SMARTS) is 1. The van der Waals surface area contributed by atoms with Gasteiger partial charge in [0.25, 0.3) is 0 Å². The van der Waals surface area contributed by atoms with Gasteiger partial charge in [0.15, 0.2) is 5.54 Å². The highest BCUT2D eigenvalue weighted by molar-refractivity contribution is 8.03. The minimum Gasteiger partial charge on any atom is -0.479 e. The molecule has 3 nitrogen and oxygen atoms in total. The van der Waals surface area contributed by atoms with Gasteiger partial charge < -0.3 is 10.4 Å². The number of thioether (sulfide) groups is 1. The van der Waals surface area contributed by atoms with Crippen molar-refractivity contribution in [1.29, 1.82) is 0 Å². The van der Waals surface area contributed by atoms with Gasteiger partial charge in [0, 0.05) is 11.1 Å². The van der Waals surface area contributed by atoms with Crippen LogP contribution >= 0.6 is 11.8 Å². The van der Waals surface area contributed by atoms with Gasteiger partial charge in [0.2, 0.25) is 0 Å². The van der Waals surface area contributed by atoms with Gasteiger partial charge in [-0.05, 0) is 17.9 Å². The first-order chi connectivity index (χ1) is 7.79. The Kier molecular flexibility index (Phi) is 4.13. The van der Waals surface area contributed by atoms with Crippen LogP contribution in [0.3, 0.4) is 0 Å². The lowest BCUT2D eigenvalue weighted by Crippen LogP contribution is -2.52. The van der Waals surface area contributed by atoms with E-state index in [1.165, 1.54) is 24.0 Å². The number of rotatable bonds is 4. The topological polar surface area (TPSA) is 49.3 Å². The summed E-state index contributed by atoms with van der Waals surface area (Å²) in [5.41, 5.74) is -2.09. The van der Waals surface area contributed by atoms with Crippen LogP contribution in [0.2, 0.25) is 0 Å². The number of nitrogens with one attached hydrogen (secondary N) is 1. The van der Waals surface area contributed by atoms with Crippen molar-refractivity contribution in [1.82, 2.24) is 5.32 Å². The van der Waals surface area contributed by atoms with Crippen molar-refractivity contribution in [3.8, 4) is 0 Å². The Hall–Kier alpha value is -1.11. The number of carbonyl (C=O) groups is 1. The molecule has 0 fully saturated rings. The van der Waals surface area contributed by atoms with E-state index < -0.39 is 24.1 Å². The normalized spacial score (nSPS) is 24.1. The third-order valence-electron chi connectivity index (χ3n) is 2.18. The van der Waals surface area contributed by atoms with E-state index in [9.17, 15) is 18.0 Å². The average molecular weight is 267 g/mol. The van der Waals surface area contributed by atoms with Crippen LogP contribution in [-0.4, -0.2) is 28.5 Å². The second-order valence-corrected chi connectivity index (χ2v) is 4.86. The summed E-state index contributed by atoms with van der Waals surface area (Å²) in [6.07, 6.45) is -2.20. The van der Waals surface area contributed by atoms with E-state index in [0.717, 1.165) is 11.8 Å². The summed E-state index contributed by atoms with van der Waals surface area (Å²) in [7, 11) is 0. The van der Waals surface area contributed by atoms with Gasteiger partial charge in [0.1, 0.15) is 0 Å². The lowest BCUT2D eigenvalue weighted by molar-refractivity contribution is -0.164. The first-order valence-corrected chi connectivity index (χ1v) is 5.88. The van der Waals surface area contributed by atoms with Crippen LogP contribution in [0.25, 0.3) is 0 Å². The summed E-state index contributed by atoms with van der Waals surface area (Å²) in [6.45, 7) is 1.90. The number of hydrogen-bond donors (Lipinski definition) is 2. The first kappa shape index (κ1) is 14.0. The lowest BCUT2D eigenvalue weighted by Gasteiger charge is -2.30. The number of alkyl halides is 3. The maximum absolute atomic E-state index is 12.3. The van der Waals surface area contributed by atoms with Crippen LogP contribution < -0.4 is 5.32 Å².